The largest absolute Gasteiger partial charge is 0.437 e. The van der Waals surface area contributed by atoms with Gasteiger partial charge >= 0.3 is 0 Å². The second-order valence-corrected chi connectivity index (χ2v) is 6.90. The Labute approximate surface area is 177 Å². The number of hydrogen-bond donors (Lipinski definition) is 1. The molecule has 0 saturated carbocycles. The van der Waals surface area contributed by atoms with Crippen molar-refractivity contribution in [2.24, 2.45) is 0 Å². The van der Waals surface area contributed by atoms with E-state index in [1.165, 1.54) is 0 Å². The van der Waals surface area contributed by atoms with E-state index in [1.54, 1.807) is 39.0 Å². The number of nitrogens with one attached hydrogen (secondary N) is 1. The molecule has 31 heavy (non-hydrogen) atoms. The molecule has 0 amide bonds. The Bertz CT molecular complexity index is 1350. The predicted octanol–water partition coefficient (Wildman–Crippen LogP) is 4.25. The molecule has 156 valence electrons. The van der Waals surface area contributed by atoms with Crippen LogP contribution in [0, 0.1) is 0 Å². The van der Waals surface area contributed by atoms with E-state index < -0.39 is 0 Å². The van der Waals surface area contributed by atoms with E-state index in [0.29, 0.717) is 42.0 Å². The Morgan fingerprint density at radius 1 is 0.968 bits per heavy atom. The standard InChI is InChI=1S/C22H19N5O4/c1-28-11-14-8-18(27-31-14)22-16(12-29-2)21-15-7-13(30-20-10-23-5-6-24-20)3-4-17(15)26-19(21)9-25-22/h3-10,26H,11-12H2,1-2H3. The van der Waals surface area contributed by atoms with Crippen LogP contribution in [0.2, 0.25) is 0 Å². The number of aromatic nitrogens is 5. The average molecular weight is 417 g/mol. The van der Waals surface area contributed by atoms with Gasteiger partial charge in [-0.15, -0.1) is 0 Å². The molecule has 0 saturated heterocycles. The summed E-state index contributed by atoms with van der Waals surface area (Å²) in [4.78, 5) is 16.2. The number of aromatic amines is 1. The number of benzene rings is 1. The monoisotopic (exact) mass is 417 g/mol. The van der Waals surface area contributed by atoms with Crippen LogP contribution < -0.4 is 4.74 Å². The highest BCUT2D eigenvalue weighted by Gasteiger charge is 2.19. The molecular formula is C22H19N5O4. The molecule has 0 aliphatic heterocycles. The zero-order chi connectivity index (χ0) is 21.2. The Morgan fingerprint density at radius 2 is 1.87 bits per heavy atom. The molecule has 0 bridgehead atoms. The van der Waals surface area contributed by atoms with Crippen molar-refractivity contribution < 1.29 is 18.7 Å². The number of nitrogens with zero attached hydrogens (tertiary/aromatic N) is 4. The summed E-state index contributed by atoms with van der Waals surface area (Å²) < 4.78 is 21.9. The van der Waals surface area contributed by atoms with Crippen molar-refractivity contribution in [2.75, 3.05) is 14.2 Å². The smallest absolute Gasteiger partial charge is 0.237 e. The summed E-state index contributed by atoms with van der Waals surface area (Å²) in [5.74, 6) is 1.70. The molecule has 4 aromatic heterocycles. The Morgan fingerprint density at radius 3 is 2.68 bits per heavy atom. The first-order valence-corrected chi connectivity index (χ1v) is 9.58. The minimum atomic E-state index is 0.338. The van der Waals surface area contributed by atoms with Gasteiger partial charge in [-0.25, -0.2) is 4.98 Å². The number of methoxy groups -OCH3 is 2. The average Bonchev–Trinajstić information content (AvgIpc) is 3.39. The molecule has 5 aromatic rings. The summed E-state index contributed by atoms with van der Waals surface area (Å²) in [7, 11) is 3.26. The minimum Gasteiger partial charge on any atom is -0.437 e. The summed E-state index contributed by atoms with van der Waals surface area (Å²) in [5, 5.41) is 6.14. The summed E-state index contributed by atoms with van der Waals surface area (Å²) in [6.45, 7) is 0.694. The van der Waals surface area contributed by atoms with Crippen LogP contribution in [0.5, 0.6) is 11.6 Å². The summed E-state index contributed by atoms with van der Waals surface area (Å²) in [5.41, 5.74) is 4.07. The van der Waals surface area contributed by atoms with E-state index in [9.17, 15) is 0 Å². The quantitative estimate of drug-likeness (QED) is 0.419. The van der Waals surface area contributed by atoms with Gasteiger partial charge in [-0.2, -0.15) is 0 Å². The van der Waals surface area contributed by atoms with Gasteiger partial charge in [0.1, 0.15) is 18.1 Å². The van der Waals surface area contributed by atoms with Gasteiger partial charge in [0.15, 0.2) is 5.76 Å². The van der Waals surface area contributed by atoms with Gasteiger partial charge in [0.25, 0.3) is 0 Å². The van der Waals surface area contributed by atoms with Gasteiger partial charge in [0.05, 0.1) is 30.2 Å². The van der Waals surface area contributed by atoms with Crippen molar-refractivity contribution >= 4 is 21.8 Å². The molecule has 0 radical (unpaired) electrons. The number of fused-ring (bicyclic) bond motifs is 3. The van der Waals surface area contributed by atoms with Crippen LogP contribution in [0.25, 0.3) is 33.2 Å². The molecule has 0 aliphatic carbocycles. The van der Waals surface area contributed by atoms with Crippen molar-refractivity contribution in [1.82, 2.24) is 25.1 Å². The third-order valence-electron chi connectivity index (χ3n) is 4.85. The van der Waals surface area contributed by atoms with Crippen molar-refractivity contribution in [3.63, 3.8) is 0 Å². The molecule has 0 spiro atoms. The van der Waals surface area contributed by atoms with Gasteiger partial charge in [-0.3, -0.25) is 9.97 Å². The van der Waals surface area contributed by atoms with Crippen LogP contribution >= 0.6 is 0 Å². The fraction of sp³-hybridized carbons (Fsp3) is 0.182. The normalized spacial score (nSPS) is 11.4. The maximum atomic E-state index is 5.87. The first kappa shape index (κ1) is 19.2. The molecule has 9 heteroatoms. The van der Waals surface area contributed by atoms with E-state index in [0.717, 1.165) is 27.4 Å². The van der Waals surface area contributed by atoms with Gasteiger partial charge in [0, 0.05) is 54.5 Å². The summed E-state index contributed by atoms with van der Waals surface area (Å²) >= 11 is 0. The molecule has 5 rings (SSSR count). The van der Waals surface area contributed by atoms with Crippen molar-refractivity contribution in [1.29, 1.82) is 0 Å². The van der Waals surface area contributed by atoms with Crippen molar-refractivity contribution in [3.05, 3.63) is 60.4 Å². The number of hydrogen-bond acceptors (Lipinski definition) is 8. The van der Waals surface area contributed by atoms with Crippen molar-refractivity contribution in [2.45, 2.75) is 13.2 Å². The lowest BCUT2D eigenvalue weighted by Crippen LogP contribution is -1.97. The molecule has 9 nitrogen and oxygen atoms in total. The van der Waals surface area contributed by atoms with Crippen molar-refractivity contribution in [3.8, 4) is 23.0 Å². The lowest BCUT2D eigenvalue weighted by Gasteiger charge is -2.08. The fourth-order valence-electron chi connectivity index (χ4n) is 3.60. The zero-order valence-corrected chi connectivity index (χ0v) is 17.0. The Kier molecular flexibility index (Phi) is 5.03. The van der Waals surface area contributed by atoms with Crippen LogP contribution in [0.4, 0.5) is 0 Å². The fourth-order valence-corrected chi connectivity index (χ4v) is 3.60. The van der Waals surface area contributed by atoms with Crippen LogP contribution in [-0.2, 0) is 22.7 Å². The third-order valence-corrected chi connectivity index (χ3v) is 4.85. The van der Waals surface area contributed by atoms with Crippen LogP contribution in [0.3, 0.4) is 0 Å². The van der Waals surface area contributed by atoms with Gasteiger partial charge in [-0.05, 0) is 18.2 Å². The maximum Gasteiger partial charge on any atom is 0.237 e. The van der Waals surface area contributed by atoms with E-state index in [1.807, 2.05) is 24.3 Å². The lowest BCUT2D eigenvalue weighted by atomic mass is 10.0. The highest BCUT2D eigenvalue weighted by Crippen LogP contribution is 2.36. The number of pyridine rings is 1. The first-order valence-electron chi connectivity index (χ1n) is 9.58. The van der Waals surface area contributed by atoms with E-state index in [-0.39, 0.29) is 0 Å². The van der Waals surface area contributed by atoms with Gasteiger partial charge < -0.3 is 23.7 Å². The van der Waals surface area contributed by atoms with Crippen LogP contribution in [-0.4, -0.2) is 39.3 Å². The lowest BCUT2D eigenvalue weighted by molar-refractivity contribution is 0.156. The van der Waals surface area contributed by atoms with E-state index in [4.69, 9.17) is 18.7 Å². The molecule has 4 heterocycles. The first-order chi connectivity index (χ1) is 15.3. The van der Waals surface area contributed by atoms with E-state index in [2.05, 4.69) is 25.1 Å². The highest BCUT2D eigenvalue weighted by atomic mass is 16.5. The number of ether oxygens (including phenoxy) is 3. The minimum absolute atomic E-state index is 0.338. The zero-order valence-electron chi connectivity index (χ0n) is 17.0. The molecule has 1 aromatic carbocycles. The topological polar surface area (TPSA) is 108 Å². The maximum absolute atomic E-state index is 5.87. The summed E-state index contributed by atoms with van der Waals surface area (Å²) in [6.07, 6.45) is 6.55. The molecule has 0 unspecified atom stereocenters. The molecule has 0 atom stereocenters. The molecule has 0 fully saturated rings. The number of H-pyrrole nitrogens is 1. The van der Waals surface area contributed by atoms with Crippen LogP contribution in [0.1, 0.15) is 11.3 Å². The number of rotatable bonds is 7. The highest BCUT2D eigenvalue weighted by molar-refractivity contribution is 6.10. The predicted molar refractivity (Wildman–Crippen MR) is 113 cm³/mol. The Balaban J connectivity index is 1.66. The third kappa shape index (κ3) is 3.60. The molecule has 0 aliphatic rings. The second kappa shape index (κ2) is 8.13. The van der Waals surface area contributed by atoms with Gasteiger partial charge in [-0.1, -0.05) is 5.16 Å². The Hall–Kier alpha value is -3.82. The second-order valence-electron chi connectivity index (χ2n) is 6.90. The SMILES string of the molecule is COCc1cc(-c2ncc3[nH]c4ccc(Oc5cnccn5)cc4c3c2COC)no1. The summed E-state index contributed by atoms with van der Waals surface area (Å²) in [6, 6.07) is 7.63. The molecule has 1 N–H and O–H groups in total. The van der Waals surface area contributed by atoms with Gasteiger partial charge in [0.2, 0.25) is 5.88 Å². The van der Waals surface area contributed by atoms with Crippen LogP contribution in [0.15, 0.2) is 53.6 Å². The van der Waals surface area contributed by atoms with E-state index >= 15 is 0 Å². The molecular weight excluding hydrogens is 398 g/mol.